The first kappa shape index (κ1) is 14.5. The van der Waals surface area contributed by atoms with Gasteiger partial charge in [0.2, 0.25) is 0 Å². The highest BCUT2D eigenvalue weighted by atomic mass is 35.5. The molecule has 4 heteroatoms. The van der Waals surface area contributed by atoms with E-state index in [1.165, 1.54) is 38.5 Å². The summed E-state index contributed by atoms with van der Waals surface area (Å²) in [6.45, 7) is 0. The second-order valence-corrected chi connectivity index (χ2v) is 6.39. The maximum absolute atomic E-state index is 6.31. The Bertz CT molecular complexity index is 600. The summed E-state index contributed by atoms with van der Waals surface area (Å²) in [5.41, 5.74) is 9.13. The summed E-state index contributed by atoms with van der Waals surface area (Å²) in [6, 6.07) is 7.82. The fraction of sp³-hybridized carbons (Fsp3) is 0.471. The molecule has 3 nitrogen and oxygen atoms in total. The van der Waals surface area contributed by atoms with Gasteiger partial charge in [0, 0.05) is 21.8 Å². The van der Waals surface area contributed by atoms with Crippen molar-refractivity contribution < 1.29 is 0 Å². The predicted molar refractivity (Wildman–Crippen MR) is 88.3 cm³/mol. The molecule has 3 rings (SSSR count). The second kappa shape index (κ2) is 6.52. The highest BCUT2D eigenvalue weighted by molar-refractivity contribution is 6.33. The van der Waals surface area contributed by atoms with E-state index in [0.717, 1.165) is 34.2 Å². The van der Waals surface area contributed by atoms with Crippen molar-refractivity contribution in [2.45, 2.75) is 44.9 Å². The monoisotopic (exact) mass is 303 g/mol. The van der Waals surface area contributed by atoms with Crippen LogP contribution in [0.2, 0.25) is 5.02 Å². The van der Waals surface area contributed by atoms with E-state index < -0.39 is 0 Å². The number of aromatic amines is 1. The van der Waals surface area contributed by atoms with E-state index in [9.17, 15) is 0 Å². The van der Waals surface area contributed by atoms with Crippen molar-refractivity contribution in [3.05, 3.63) is 35.0 Å². The third-order valence-corrected chi connectivity index (χ3v) is 4.87. The Kier molecular flexibility index (Phi) is 4.49. The van der Waals surface area contributed by atoms with Gasteiger partial charge in [-0.15, -0.1) is 0 Å². The Morgan fingerprint density at radius 3 is 2.71 bits per heavy atom. The third-order valence-electron chi connectivity index (χ3n) is 4.54. The molecule has 1 aromatic carbocycles. The molecule has 21 heavy (non-hydrogen) atoms. The summed E-state index contributed by atoms with van der Waals surface area (Å²) in [6.07, 6.45) is 9.10. The van der Waals surface area contributed by atoms with Crippen LogP contribution in [0.1, 0.15) is 44.2 Å². The van der Waals surface area contributed by atoms with Gasteiger partial charge in [0.1, 0.15) is 0 Å². The van der Waals surface area contributed by atoms with Crippen LogP contribution in [0.25, 0.3) is 11.1 Å². The SMILES string of the molecule is Nc1n[nH]c(CCC2CCCCC2)c1-c1ccccc1Cl. The highest BCUT2D eigenvalue weighted by Gasteiger charge is 2.18. The van der Waals surface area contributed by atoms with Gasteiger partial charge in [-0.3, -0.25) is 5.10 Å². The number of nitrogens with zero attached hydrogens (tertiary/aromatic N) is 1. The van der Waals surface area contributed by atoms with Crippen LogP contribution >= 0.6 is 11.6 Å². The highest BCUT2D eigenvalue weighted by Crippen LogP contribution is 2.35. The molecule has 1 aliphatic rings. The first-order chi connectivity index (χ1) is 10.3. The van der Waals surface area contributed by atoms with E-state index in [0.29, 0.717) is 5.82 Å². The summed E-state index contributed by atoms with van der Waals surface area (Å²) >= 11 is 6.31. The Balaban J connectivity index is 1.79. The van der Waals surface area contributed by atoms with E-state index in [-0.39, 0.29) is 0 Å². The molecule has 1 aromatic heterocycles. The third kappa shape index (κ3) is 3.24. The smallest absolute Gasteiger partial charge is 0.153 e. The average Bonchev–Trinajstić information content (AvgIpc) is 2.88. The van der Waals surface area contributed by atoms with Gasteiger partial charge in [-0.2, -0.15) is 5.10 Å². The van der Waals surface area contributed by atoms with Gasteiger partial charge in [-0.25, -0.2) is 0 Å². The molecule has 0 bridgehead atoms. The number of aromatic nitrogens is 2. The van der Waals surface area contributed by atoms with E-state index in [1.54, 1.807) is 0 Å². The minimum Gasteiger partial charge on any atom is -0.382 e. The second-order valence-electron chi connectivity index (χ2n) is 5.98. The summed E-state index contributed by atoms with van der Waals surface area (Å²) in [7, 11) is 0. The Labute approximate surface area is 130 Å². The zero-order valence-corrected chi connectivity index (χ0v) is 13.0. The summed E-state index contributed by atoms with van der Waals surface area (Å²) in [5, 5.41) is 8.02. The van der Waals surface area contributed by atoms with Crippen molar-refractivity contribution in [2.75, 3.05) is 5.73 Å². The Morgan fingerprint density at radius 2 is 1.95 bits per heavy atom. The Hall–Kier alpha value is -1.48. The maximum Gasteiger partial charge on any atom is 0.153 e. The Morgan fingerprint density at radius 1 is 1.19 bits per heavy atom. The number of benzene rings is 1. The van der Waals surface area contributed by atoms with Crippen LogP contribution in [0.3, 0.4) is 0 Å². The van der Waals surface area contributed by atoms with E-state index >= 15 is 0 Å². The molecule has 1 heterocycles. The molecule has 1 aliphatic carbocycles. The zero-order valence-electron chi connectivity index (χ0n) is 12.2. The molecule has 0 unspecified atom stereocenters. The molecule has 0 atom stereocenters. The van der Waals surface area contributed by atoms with Crippen molar-refractivity contribution in [3.8, 4) is 11.1 Å². The maximum atomic E-state index is 6.31. The van der Waals surface area contributed by atoms with Gasteiger partial charge in [-0.1, -0.05) is 61.9 Å². The van der Waals surface area contributed by atoms with Crippen molar-refractivity contribution in [3.63, 3.8) is 0 Å². The fourth-order valence-electron chi connectivity index (χ4n) is 3.36. The lowest BCUT2D eigenvalue weighted by molar-refractivity contribution is 0.338. The number of rotatable bonds is 4. The van der Waals surface area contributed by atoms with Crippen molar-refractivity contribution in [1.29, 1.82) is 0 Å². The quantitative estimate of drug-likeness (QED) is 0.850. The molecular weight excluding hydrogens is 282 g/mol. The number of nitrogens with one attached hydrogen (secondary N) is 1. The molecule has 0 spiro atoms. The van der Waals surface area contributed by atoms with Crippen LogP contribution in [0.15, 0.2) is 24.3 Å². The summed E-state index contributed by atoms with van der Waals surface area (Å²) < 4.78 is 0. The molecule has 0 aliphatic heterocycles. The van der Waals surface area contributed by atoms with Gasteiger partial charge in [-0.05, 0) is 24.8 Å². The number of hydrogen-bond donors (Lipinski definition) is 2. The molecule has 0 radical (unpaired) electrons. The number of nitrogen functional groups attached to an aromatic ring is 1. The van der Waals surface area contributed by atoms with Crippen LogP contribution in [0.5, 0.6) is 0 Å². The minimum absolute atomic E-state index is 0.543. The number of anilines is 1. The molecular formula is C17H22ClN3. The number of nitrogens with two attached hydrogens (primary N) is 1. The molecule has 0 saturated heterocycles. The van der Waals surface area contributed by atoms with Crippen molar-refractivity contribution in [2.24, 2.45) is 5.92 Å². The largest absolute Gasteiger partial charge is 0.382 e. The standard InChI is InChI=1S/C17H22ClN3/c18-14-9-5-4-8-13(14)16-15(20-21-17(16)19)11-10-12-6-2-1-3-7-12/h4-5,8-9,12H,1-3,6-7,10-11H2,(H3,19,20,21). The lowest BCUT2D eigenvalue weighted by Crippen LogP contribution is -2.07. The predicted octanol–water partition coefficient (Wildman–Crippen LogP) is 4.83. The molecule has 112 valence electrons. The topological polar surface area (TPSA) is 54.7 Å². The van der Waals surface area contributed by atoms with Crippen molar-refractivity contribution >= 4 is 17.4 Å². The van der Waals surface area contributed by atoms with Crippen LogP contribution in [-0.2, 0) is 6.42 Å². The molecule has 3 N–H and O–H groups in total. The average molecular weight is 304 g/mol. The zero-order chi connectivity index (χ0) is 14.7. The molecule has 2 aromatic rings. The van der Waals surface area contributed by atoms with Crippen LogP contribution in [0.4, 0.5) is 5.82 Å². The van der Waals surface area contributed by atoms with Gasteiger partial charge in [0.15, 0.2) is 5.82 Å². The fourth-order valence-corrected chi connectivity index (χ4v) is 3.59. The van der Waals surface area contributed by atoms with E-state index in [1.807, 2.05) is 24.3 Å². The van der Waals surface area contributed by atoms with Gasteiger partial charge in [0.25, 0.3) is 0 Å². The molecule has 1 fully saturated rings. The lowest BCUT2D eigenvalue weighted by atomic mass is 9.85. The number of aryl methyl sites for hydroxylation is 1. The summed E-state index contributed by atoms with van der Waals surface area (Å²) in [4.78, 5) is 0. The van der Waals surface area contributed by atoms with Gasteiger partial charge >= 0.3 is 0 Å². The lowest BCUT2D eigenvalue weighted by Gasteiger charge is -2.21. The summed E-state index contributed by atoms with van der Waals surface area (Å²) in [5.74, 6) is 1.39. The number of hydrogen-bond acceptors (Lipinski definition) is 2. The first-order valence-corrected chi connectivity index (χ1v) is 8.21. The van der Waals surface area contributed by atoms with Crippen LogP contribution in [0, 0.1) is 5.92 Å². The van der Waals surface area contributed by atoms with Crippen LogP contribution < -0.4 is 5.73 Å². The first-order valence-electron chi connectivity index (χ1n) is 7.83. The van der Waals surface area contributed by atoms with Crippen LogP contribution in [-0.4, -0.2) is 10.2 Å². The normalized spacial score (nSPS) is 16.2. The number of halogens is 1. The van der Waals surface area contributed by atoms with Gasteiger partial charge in [0.05, 0.1) is 0 Å². The molecule has 1 saturated carbocycles. The van der Waals surface area contributed by atoms with Gasteiger partial charge < -0.3 is 5.73 Å². The molecule has 0 amide bonds. The van der Waals surface area contributed by atoms with E-state index in [2.05, 4.69) is 10.2 Å². The van der Waals surface area contributed by atoms with Crippen molar-refractivity contribution in [1.82, 2.24) is 10.2 Å². The van der Waals surface area contributed by atoms with E-state index in [4.69, 9.17) is 17.3 Å². The number of H-pyrrole nitrogens is 1. The minimum atomic E-state index is 0.543.